The highest BCUT2D eigenvalue weighted by Gasteiger charge is 2.25. The van der Waals surface area contributed by atoms with Crippen LogP contribution in [0.2, 0.25) is 0 Å². The number of rotatable bonds is 4. The third-order valence-electron chi connectivity index (χ3n) is 4.63. The van der Waals surface area contributed by atoms with Gasteiger partial charge in [0.25, 0.3) is 11.1 Å². The number of oxazole rings is 2. The summed E-state index contributed by atoms with van der Waals surface area (Å²) in [4.78, 5) is 32.5. The average Bonchev–Trinajstić information content (AvgIpc) is 3.39. The molecule has 0 aliphatic carbocycles. The van der Waals surface area contributed by atoms with Crippen molar-refractivity contribution >= 4 is 40.1 Å². The van der Waals surface area contributed by atoms with Crippen molar-refractivity contribution in [3.63, 3.8) is 0 Å². The fourth-order valence-electron chi connectivity index (χ4n) is 3.17. The molecule has 1 aliphatic rings. The lowest BCUT2D eigenvalue weighted by Crippen LogP contribution is -2.17. The van der Waals surface area contributed by atoms with E-state index in [1.807, 2.05) is 49.4 Å². The Morgan fingerprint density at radius 2 is 1.90 bits per heavy atom. The van der Waals surface area contributed by atoms with E-state index in [4.69, 9.17) is 8.83 Å². The molecule has 0 atom stereocenters. The number of benzene rings is 2. The van der Waals surface area contributed by atoms with Gasteiger partial charge >= 0.3 is 0 Å². The van der Waals surface area contributed by atoms with Crippen LogP contribution < -0.4 is 5.32 Å². The lowest BCUT2D eigenvalue weighted by molar-refractivity contribution is -0.115. The standard InChI is InChI=1S/C22H15N3O4S/c1-12-15(24-21(28-12)14-5-3-2-4-6-14)11-19-23-16-9-13(7-8-17(16)29-19)10-18-20(26)25-22(27)30-18/h2-10H,11H2,1H3,(H,25,26,27)/b18-10-. The van der Waals surface area contributed by atoms with E-state index in [2.05, 4.69) is 15.3 Å². The van der Waals surface area contributed by atoms with Crippen molar-refractivity contribution in [2.24, 2.45) is 0 Å². The molecule has 5 rings (SSSR count). The molecule has 4 aromatic rings. The van der Waals surface area contributed by atoms with Gasteiger partial charge in [-0.1, -0.05) is 24.3 Å². The molecule has 0 bridgehead atoms. The molecule has 1 fully saturated rings. The quantitative estimate of drug-likeness (QED) is 0.480. The van der Waals surface area contributed by atoms with E-state index in [0.717, 1.165) is 34.3 Å². The average molecular weight is 417 g/mol. The molecule has 3 heterocycles. The van der Waals surface area contributed by atoms with Crippen LogP contribution in [0, 0.1) is 6.92 Å². The monoisotopic (exact) mass is 417 g/mol. The summed E-state index contributed by atoms with van der Waals surface area (Å²) in [5, 5.41) is 1.87. The number of fused-ring (bicyclic) bond motifs is 1. The van der Waals surface area contributed by atoms with Gasteiger partial charge in [-0.3, -0.25) is 14.9 Å². The van der Waals surface area contributed by atoms with Gasteiger partial charge in [0.05, 0.1) is 17.0 Å². The highest BCUT2D eigenvalue weighted by atomic mass is 32.2. The molecule has 8 heteroatoms. The van der Waals surface area contributed by atoms with Gasteiger partial charge in [0.1, 0.15) is 11.3 Å². The summed E-state index contributed by atoms with van der Waals surface area (Å²) in [6.45, 7) is 1.87. The van der Waals surface area contributed by atoms with Crippen LogP contribution in [0.15, 0.2) is 62.3 Å². The summed E-state index contributed by atoms with van der Waals surface area (Å²) in [5.41, 5.74) is 3.74. The van der Waals surface area contributed by atoms with Crippen LogP contribution in [-0.4, -0.2) is 21.1 Å². The van der Waals surface area contributed by atoms with Gasteiger partial charge < -0.3 is 8.83 Å². The molecule has 0 unspecified atom stereocenters. The third-order valence-corrected chi connectivity index (χ3v) is 5.44. The minimum atomic E-state index is -0.387. The minimum absolute atomic E-state index is 0.356. The number of aromatic nitrogens is 2. The number of nitrogens with zero attached hydrogens (tertiary/aromatic N) is 2. The predicted molar refractivity (Wildman–Crippen MR) is 113 cm³/mol. The van der Waals surface area contributed by atoms with E-state index in [0.29, 0.717) is 34.2 Å². The molecule has 0 saturated carbocycles. The van der Waals surface area contributed by atoms with Gasteiger partial charge in [-0.25, -0.2) is 9.97 Å². The second-order valence-electron chi connectivity index (χ2n) is 6.75. The number of carbonyl (C=O) groups is 2. The number of hydrogen-bond acceptors (Lipinski definition) is 7. The summed E-state index contributed by atoms with van der Waals surface area (Å²) >= 11 is 0.882. The van der Waals surface area contributed by atoms with Crippen molar-refractivity contribution in [1.82, 2.24) is 15.3 Å². The highest BCUT2D eigenvalue weighted by Crippen LogP contribution is 2.28. The second kappa shape index (κ2) is 7.31. The van der Waals surface area contributed by atoms with Gasteiger partial charge in [-0.05, 0) is 54.6 Å². The first-order valence-electron chi connectivity index (χ1n) is 9.21. The Bertz CT molecular complexity index is 1320. The van der Waals surface area contributed by atoms with Crippen LogP contribution in [0.3, 0.4) is 0 Å². The number of imide groups is 1. The molecule has 2 aromatic carbocycles. The fourth-order valence-corrected chi connectivity index (χ4v) is 3.85. The van der Waals surface area contributed by atoms with Crippen molar-refractivity contribution in [2.75, 3.05) is 0 Å². The molecule has 2 amide bonds. The van der Waals surface area contributed by atoms with E-state index >= 15 is 0 Å². The van der Waals surface area contributed by atoms with Crippen LogP contribution in [0.1, 0.15) is 22.9 Å². The molecular formula is C22H15N3O4S. The minimum Gasteiger partial charge on any atom is -0.441 e. The normalized spacial score (nSPS) is 15.3. The number of amides is 2. The van der Waals surface area contributed by atoms with Crippen LogP contribution in [-0.2, 0) is 11.2 Å². The summed E-state index contributed by atoms with van der Waals surface area (Å²) < 4.78 is 11.7. The zero-order chi connectivity index (χ0) is 20.7. The van der Waals surface area contributed by atoms with Gasteiger partial charge in [-0.2, -0.15) is 0 Å². The van der Waals surface area contributed by atoms with Gasteiger partial charge in [-0.15, -0.1) is 0 Å². The Balaban J connectivity index is 1.41. The maximum absolute atomic E-state index is 11.7. The maximum atomic E-state index is 11.7. The predicted octanol–water partition coefficient (Wildman–Crippen LogP) is 4.71. The molecule has 148 valence electrons. The number of carbonyl (C=O) groups excluding carboxylic acids is 2. The van der Waals surface area contributed by atoms with E-state index in [-0.39, 0.29) is 11.1 Å². The Morgan fingerprint density at radius 3 is 2.67 bits per heavy atom. The number of nitrogens with one attached hydrogen (secondary N) is 1. The summed E-state index contributed by atoms with van der Waals surface area (Å²) in [7, 11) is 0. The van der Waals surface area contributed by atoms with Crippen molar-refractivity contribution < 1.29 is 18.4 Å². The summed E-state index contributed by atoms with van der Waals surface area (Å²) in [5.74, 6) is 1.42. The number of thioether (sulfide) groups is 1. The van der Waals surface area contributed by atoms with Gasteiger partial charge in [0.15, 0.2) is 5.58 Å². The smallest absolute Gasteiger partial charge is 0.290 e. The Hall–Kier alpha value is -3.65. The SMILES string of the molecule is Cc1oc(-c2ccccc2)nc1Cc1nc2cc(/C=C3\SC(=O)NC3=O)ccc2o1. The molecule has 0 spiro atoms. The van der Waals surface area contributed by atoms with Crippen molar-refractivity contribution in [1.29, 1.82) is 0 Å². The zero-order valence-corrected chi connectivity index (χ0v) is 16.7. The van der Waals surface area contributed by atoms with Gasteiger partial charge in [0.2, 0.25) is 11.8 Å². The molecule has 30 heavy (non-hydrogen) atoms. The van der Waals surface area contributed by atoms with Crippen molar-refractivity contribution in [2.45, 2.75) is 13.3 Å². The molecule has 7 nitrogen and oxygen atoms in total. The number of hydrogen-bond donors (Lipinski definition) is 1. The van der Waals surface area contributed by atoms with Crippen LogP contribution in [0.25, 0.3) is 28.6 Å². The Labute approximate surface area is 175 Å². The van der Waals surface area contributed by atoms with E-state index in [1.165, 1.54) is 0 Å². The van der Waals surface area contributed by atoms with Crippen molar-refractivity contribution in [3.05, 3.63) is 76.3 Å². The zero-order valence-electron chi connectivity index (χ0n) is 15.8. The van der Waals surface area contributed by atoms with Crippen LogP contribution in [0.5, 0.6) is 0 Å². The van der Waals surface area contributed by atoms with Crippen LogP contribution >= 0.6 is 11.8 Å². The summed E-state index contributed by atoms with van der Waals surface area (Å²) in [6, 6.07) is 15.1. The maximum Gasteiger partial charge on any atom is 0.290 e. The molecule has 1 aliphatic heterocycles. The fraction of sp³-hybridized carbons (Fsp3) is 0.0909. The third kappa shape index (κ3) is 3.53. The van der Waals surface area contributed by atoms with E-state index in [1.54, 1.807) is 12.1 Å². The lowest BCUT2D eigenvalue weighted by Gasteiger charge is -1.94. The Morgan fingerprint density at radius 1 is 1.07 bits per heavy atom. The van der Waals surface area contributed by atoms with Crippen LogP contribution in [0.4, 0.5) is 4.79 Å². The van der Waals surface area contributed by atoms with Crippen molar-refractivity contribution in [3.8, 4) is 11.5 Å². The van der Waals surface area contributed by atoms with E-state index < -0.39 is 0 Å². The molecule has 0 radical (unpaired) electrons. The lowest BCUT2D eigenvalue weighted by atomic mass is 10.2. The molecule has 2 aromatic heterocycles. The first kappa shape index (κ1) is 18.4. The first-order valence-corrected chi connectivity index (χ1v) is 10.0. The number of aryl methyl sites for hydroxylation is 1. The van der Waals surface area contributed by atoms with E-state index in [9.17, 15) is 9.59 Å². The topological polar surface area (TPSA) is 98.2 Å². The van der Waals surface area contributed by atoms with Gasteiger partial charge in [0, 0.05) is 5.56 Å². The highest BCUT2D eigenvalue weighted by molar-refractivity contribution is 8.18. The largest absolute Gasteiger partial charge is 0.441 e. The molecule has 1 N–H and O–H groups in total. The Kier molecular flexibility index (Phi) is 4.48. The summed E-state index contributed by atoms with van der Waals surface area (Å²) in [6.07, 6.45) is 2.06. The molecule has 1 saturated heterocycles. The first-order chi connectivity index (χ1) is 14.5. The second-order valence-corrected chi connectivity index (χ2v) is 7.77. The molecular weight excluding hydrogens is 402 g/mol.